The highest BCUT2D eigenvalue weighted by atomic mass is 32.1. The molecule has 3 rings (SSSR count). The minimum absolute atomic E-state index is 0.0220. The van der Waals surface area contributed by atoms with Crippen molar-refractivity contribution in [3.05, 3.63) is 77.9 Å². The van der Waals surface area contributed by atoms with Crippen molar-refractivity contribution in [2.24, 2.45) is 0 Å². The van der Waals surface area contributed by atoms with E-state index < -0.39 is 5.91 Å². The van der Waals surface area contributed by atoms with Gasteiger partial charge < -0.3 is 24.8 Å². The van der Waals surface area contributed by atoms with E-state index in [-0.39, 0.29) is 16.6 Å². The van der Waals surface area contributed by atoms with E-state index in [9.17, 15) is 9.59 Å². The van der Waals surface area contributed by atoms with Crippen LogP contribution in [0, 0.1) is 0 Å². The minimum Gasteiger partial charge on any atom is -0.493 e. The maximum Gasteiger partial charge on any atom is 0.257 e. The quantitative estimate of drug-likeness (QED) is 0.452. The van der Waals surface area contributed by atoms with Gasteiger partial charge in [0.15, 0.2) is 16.6 Å². The lowest BCUT2D eigenvalue weighted by Crippen LogP contribution is -2.34. The predicted octanol–water partition coefficient (Wildman–Crippen LogP) is 4.09. The lowest BCUT2D eigenvalue weighted by molar-refractivity contribution is 0.0976. The van der Waals surface area contributed by atoms with Gasteiger partial charge in [0, 0.05) is 11.3 Å². The van der Waals surface area contributed by atoms with Crippen molar-refractivity contribution in [1.82, 2.24) is 5.32 Å². The van der Waals surface area contributed by atoms with Crippen molar-refractivity contribution in [2.75, 3.05) is 32.0 Å². The summed E-state index contributed by atoms with van der Waals surface area (Å²) < 4.78 is 15.8. The Balaban J connectivity index is 1.74. The number of rotatable bonds is 7. The van der Waals surface area contributed by atoms with E-state index in [1.54, 1.807) is 36.4 Å². The van der Waals surface area contributed by atoms with Gasteiger partial charge in [-0.3, -0.25) is 14.9 Å². The maximum absolute atomic E-state index is 12.8. The molecule has 170 valence electrons. The molecule has 0 aliphatic carbocycles. The smallest absolute Gasteiger partial charge is 0.257 e. The van der Waals surface area contributed by atoms with Crippen LogP contribution >= 0.6 is 12.2 Å². The molecule has 9 heteroatoms. The topological polar surface area (TPSA) is 97.9 Å². The second-order valence-electron chi connectivity index (χ2n) is 6.69. The first-order valence-corrected chi connectivity index (χ1v) is 10.3. The number of carbonyl (C=O) groups is 2. The molecule has 0 saturated heterocycles. The highest BCUT2D eigenvalue weighted by molar-refractivity contribution is 7.80. The molecule has 0 aliphatic heterocycles. The second kappa shape index (κ2) is 11.0. The average molecular weight is 466 g/mol. The fourth-order valence-corrected chi connectivity index (χ4v) is 3.25. The predicted molar refractivity (Wildman–Crippen MR) is 131 cm³/mol. The zero-order valence-electron chi connectivity index (χ0n) is 18.3. The molecular formula is C24H23N3O5S. The van der Waals surface area contributed by atoms with Crippen LogP contribution in [0.1, 0.15) is 20.7 Å². The van der Waals surface area contributed by atoms with Crippen molar-refractivity contribution in [2.45, 2.75) is 0 Å². The Morgan fingerprint density at radius 3 is 1.97 bits per heavy atom. The number of thiocarbonyl (C=S) groups is 1. The number of carbonyl (C=O) groups excluding carboxylic acids is 2. The number of amides is 2. The molecule has 33 heavy (non-hydrogen) atoms. The summed E-state index contributed by atoms with van der Waals surface area (Å²) in [5, 5.41) is 8.35. The van der Waals surface area contributed by atoms with Crippen molar-refractivity contribution in [3.63, 3.8) is 0 Å². The van der Waals surface area contributed by atoms with Crippen LogP contribution in [0.15, 0.2) is 66.7 Å². The Kier molecular flexibility index (Phi) is 7.82. The molecule has 0 heterocycles. The number of benzene rings is 3. The van der Waals surface area contributed by atoms with Crippen LogP contribution < -0.4 is 30.2 Å². The molecule has 0 fully saturated rings. The lowest BCUT2D eigenvalue weighted by Gasteiger charge is -2.15. The first kappa shape index (κ1) is 23.6. The summed E-state index contributed by atoms with van der Waals surface area (Å²) in [6.45, 7) is 0. The normalized spacial score (nSPS) is 10.0. The summed E-state index contributed by atoms with van der Waals surface area (Å²) in [5.74, 6) is 0.240. The van der Waals surface area contributed by atoms with Crippen LogP contribution in [0.5, 0.6) is 17.2 Å². The van der Waals surface area contributed by atoms with Crippen molar-refractivity contribution >= 4 is 40.5 Å². The zero-order chi connectivity index (χ0) is 23.8. The molecule has 0 radical (unpaired) electrons. The first-order valence-electron chi connectivity index (χ1n) is 9.84. The molecule has 3 N–H and O–H groups in total. The summed E-state index contributed by atoms with van der Waals surface area (Å²) in [7, 11) is 4.40. The van der Waals surface area contributed by atoms with Crippen molar-refractivity contribution in [3.8, 4) is 17.2 Å². The number of hydrogen-bond donors (Lipinski definition) is 3. The van der Waals surface area contributed by atoms with Gasteiger partial charge in [0.25, 0.3) is 11.8 Å². The van der Waals surface area contributed by atoms with Crippen molar-refractivity contribution in [1.29, 1.82) is 0 Å². The standard InChI is InChI=1S/C24H23N3O5S/c1-30-19-13-15(14-20(31-2)21(19)32-3)22(28)27-24(33)26-18-12-8-7-11-17(18)23(29)25-16-9-5-4-6-10-16/h4-14H,1-3H3,(H,25,29)(H2,26,27,28,33). The average Bonchev–Trinajstić information content (AvgIpc) is 2.83. The van der Waals surface area contributed by atoms with E-state index in [1.165, 1.54) is 33.5 Å². The van der Waals surface area contributed by atoms with Crippen LogP contribution in [0.3, 0.4) is 0 Å². The number of hydrogen-bond acceptors (Lipinski definition) is 6. The van der Waals surface area contributed by atoms with Gasteiger partial charge in [0.2, 0.25) is 5.75 Å². The van der Waals surface area contributed by atoms with Crippen LogP contribution in [-0.4, -0.2) is 38.3 Å². The van der Waals surface area contributed by atoms with Gasteiger partial charge in [-0.05, 0) is 48.6 Å². The molecule has 0 bridgehead atoms. The summed E-state index contributed by atoms with van der Waals surface area (Å²) in [4.78, 5) is 25.5. The number of ether oxygens (including phenoxy) is 3. The van der Waals surface area contributed by atoms with E-state index in [1.807, 2.05) is 18.2 Å². The molecule has 3 aromatic rings. The Hall–Kier alpha value is -4.11. The fourth-order valence-electron chi connectivity index (χ4n) is 3.05. The Bertz CT molecular complexity index is 1140. The summed E-state index contributed by atoms with van der Waals surface area (Å²) in [5.41, 5.74) is 1.73. The fraction of sp³-hybridized carbons (Fsp3) is 0.125. The third kappa shape index (κ3) is 5.78. The molecule has 0 atom stereocenters. The van der Waals surface area contributed by atoms with Gasteiger partial charge in [0.1, 0.15) is 0 Å². The molecule has 2 amide bonds. The monoisotopic (exact) mass is 465 g/mol. The SMILES string of the molecule is COc1cc(C(=O)NC(=S)Nc2ccccc2C(=O)Nc2ccccc2)cc(OC)c1OC. The second-order valence-corrected chi connectivity index (χ2v) is 7.10. The van der Waals surface area contributed by atoms with Crippen LogP contribution in [0.4, 0.5) is 11.4 Å². The van der Waals surface area contributed by atoms with Gasteiger partial charge >= 0.3 is 0 Å². The summed E-state index contributed by atoms with van der Waals surface area (Å²) in [6, 6.07) is 19.0. The summed E-state index contributed by atoms with van der Waals surface area (Å²) >= 11 is 5.30. The number of methoxy groups -OCH3 is 3. The largest absolute Gasteiger partial charge is 0.493 e. The van der Waals surface area contributed by atoms with Gasteiger partial charge in [-0.1, -0.05) is 30.3 Å². The van der Waals surface area contributed by atoms with Gasteiger partial charge in [-0.15, -0.1) is 0 Å². The Labute approximate surface area is 196 Å². The molecule has 0 aromatic heterocycles. The zero-order valence-corrected chi connectivity index (χ0v) is 19.1. The first-order chi connectivity index (χ1) is 16.0. The number of nitrogens with one attached hydrogen (secondary N) is 3. The maximum atomic E-state index is 12.8. The lowest BCUT2D eigenvalue weighted by atomic mass is 10.1. The summed E-state index contributed by atoms with van der Waals surface area (Å²) in [6.07, 6.45) is 0. The van der Waals surface area contributed by atoms with E-state index in [2.05, 4.69) is 16.0 Å². The highest BCUT2D eigenvalue weighted by Gasteiger charge is 2.18. The molecule has 0 spiro atoms. The van der Waals surface area contributed by atoms with Crippen molar-refractivity contribution < 1.29 is 23.8 Å². The van der Waals surface area contributed by atoms with E-state index in [0.29, 0.717) is 34.2 Å². The molecule has 0 unspecified atom stereocenters. The number of anilines is 2. The van der Waals surface area contributed by atoms with Gasteiger partial charge in [-0.25, -0.2) is 0 Å². The molecule has 8 nitrogen and oxygen atoms in total. The Morgan fingerprint density at radius 1 is 0.758 bits per heavy atom. The van der Waals surface area contributed by atoms with Gasteiger partial charge in [-0.2, -0.15) is 0 Å². The molecular weight excluding hydrogens is 442 g/mol. The van der Waals surface area contributed by atoms with E-state index in [0.717, 1.165) is 0 Å². The minimum atomic E-state index is -0.488. The molecule has 0 aliphatic rings. The third-order valence-electron chi connectivity index (χ3n) is 4.61. The Morgan fingerprint density at radius 2 is 1.36 bits per heavy atom. The molecule has 3 aromatic carbocycles. The highest BCUT2D eigenvalue weighted by Crippen LogP contribution is 2.38. The van der Waals surface area contributed by atoms with Crippen LogP contribution in [-0.2, 0) is 0 Å². The van der Waals surface area contributed by atoms with Crippen LogP contribution in [0.25, 0.3) is 0 Å². The molecule has 0 saturated carbocycles. The number of para-hydroxylation sites is 2. The third-order valence-corrected chi connectivity index (χ3v) is 4.81. The van der Waals surface area contributed by atoms with E-state index >= 15 is 0 Å². The van der Waals surface area contributed by atoms with E-state index in [4.69, 9.17) is 26.4 Å². The van der Waals surface area contributed by atoms with Gasteiger partial charge in [0.05, 0.1) is 32.6 Å². The van der Waals surface area contributed by atoms with Crippen LogP contribution in [0.2, 0.25) is 0 Å².